The molecule has 40 heavy (non-hydrogen) atoms. The molecule has 3 heterocycles. The van der Waals surface area contributed by atoms with Gasteiger partial charge in [-0.1, -0.05) is 6.07 Å². The third-order valence-corrected chi connectivity index (χ3v) is 8.08. The topological polar surface area (TPSA) is 54.8 Å². The number of aryl methyl sites for hydroxylation is 1. The zero-order chi connectivity index (χ0) is 28.4. The van der Waals surface area contributed by atoms with Crippen LogP contribution in [0, 0.1) is 13.8 Å². The van der Waals surface area contributed by atoms with Gasteiger partial charge >= 0.3 is 0 Å². The first-order valence-corrected chi connectivity index (χ1v) is 14.1. The first-order valence-electron chi connectivity index (χ1n) is 13.7. The molecule has 1 fully saturated rings. The van der Waals surface area contributed by atoms with Gasteiger partial charge in [-0.2, -0.15) is 0 Å². The lowest BCUT2D eigenvalue weighted by atomic mass is 9.96. The summed E-state index contributed by atoms with van der Waals surface area (Å²) in [6, 6.07) is 22.6. The number of pyridine rings is 1. The van der Waals surface area contributed by atoms with Crippen molar-refractivity contribution in [2.75, 3.05) is 37.1 Å². The van der Waals surface area contributed by atoms with Gasteiger partial charge in [0.1, 0.15) is 11.5 Å². The normalized spacial score (nSPS) is 16.6. The van der Waals surface area contributed by atoms with Gasteiger partial charge in [0.25, 0.3) is 0 Å². The number of anilines is 2. The summed E-state index contributed by atoms with van der Waals surface area (Å²) in [7, 11) is 3.32. The lowest BCUT2D eigenvalue weighted by Crippen LogP contribution is -2.30. The second kappa shape index (κ2) is 11.6. The van der Waals surface area contributed by atoms with Crippen molar-refractivity contribution in [2.45, 2.75) is 39.8 Å². The maximum Gasteiger partial charge on any atom is 0.174 e. The Bertz CT molecular complexity index is 1480. The van der Waals surface area contributed by atoms with Crippen LogP contribution in [0.15, 0.2) is 72.9 Å². The van der Waals surface area contributed by atoms with Gasteiger partial charge in [0, 0.05) is 48.1 Å². The van der Waals surface area contributed by atoms with E-state index in [-0.39, 0.29) is 12.1 Å². The second-order valence-electron chi connectivity index (χ2n) is 9.88. The van der Waals surface area contributed by atoms with Crippen molar-refractivity contribution in [3.8, 4) is 17.2 Å². The molecule has 4 aromatic rings. The van der Waals surface area contributed by atoms with E-state index in [1.165, 1.54) is 11.3 Å². The van der Waals surface area contributed by atoms with Crippen molar-refractivity contribution >= 4 is 28.7 Å². The summed E-state index contributed by atoms with van der Waals surface area (Å²) < 4.78 is 13.6. The largest absolute Gasteiger partial charge is 0.497 e. The average Bonchev–Trinajstić information content (AvgIpc) is 3.48. The molecule has 0 unspecified atom stereocenters. The van der Waals surface area contributed by atoms with Gasteiger partial charge in [-0.15, -0.1) is 0 Å². The van der Waals surface area contributed by atoms with E-state index in [1.54, 1.807) is 14.2 Å². The molecule has 0 amide bonds. The Hall–Kier alpha value is -4.04. The van der Waals surface area contributed by atoms with Crippen LogP contribution in [0.5, 0.6) is 11.5 Å². The van der Waals surface area contributed by atoms with Gasteiger partial charge in [0.2, 0.25) is 0 Å². The molecule has 2 atom stereocenters. The van der Waals surface area contributed by atoms with Crippen LogP contribution in [0.25, 0.3) is 5.69 Å². The monoisotopic (exact) mass is 555 g/mol. The molecular weight excluding hydrogens is 518 g/mol. The summed E-state index contributed by atoms with van der Waals surface area (Å²) in [5.41, 5.74) is 7.65. The van der Waals surface area contributed by atoms with E-state index in [4.69, 9.17) is 26.7 Å². The van der Waals surface area contributed by atoms with Crippen LogP contribution in [-0.4, -0.2) is 42.0 Å². The minimum Gasteiger partial charge on any atom is -0.497 e. The highest BCUT2D eigenvalue weighted by Crippen LogP contribution is 2.46. The number of thiocarbonyl (C=S) groups is 1. The van der Waals surface area contributed by atoms with E-state index in [1.807, 2.05) is 42.6 Å². The van der Waals surface area contributed by atoms with Gasteiger partial charge in [-0.25, -0.2) is 0 Å². The van der Waals surface area contributed by atoms with Gasteiger partial charge in [0.15, 0.2) is 5.11 Å². The lowest BCUT2D eigenvalue weighted by molar-refractivity contribution is 0.394. The average molecular weight is 556 g/mol. The molecule has 0 spiro atoms. The zero-order valence-corrected chi connectivity index (χ0v) is 24.8. The van der Waals surface area contributed by atoms with Crippen LogP contribution < -0.4 is 24.6 Å². The van der Waals surface area contributed by atoms with Gasteiger partial charge in [0.05, 0.1) is 37.7 Å². The Morgan fingerprint density at radius 2 is 1.70 bits per heavy atom. The van der Waals surface area contributed by atoms with E-state index >= 15 is 0 Å². The SMILES string of the molecule is CCN(CC)c1ccc(-n2c(C)cc([C@@H]3[C@H](c4ccccn4)NC(=S)N3c3ccc(OC)cc3OC)c2C)cc1. The fourth-order valence-corrected chi connectivity index (χ4v) is 6.14. The molecule has 208 valence electrons. The predicted octanol–water partition coefficient (Wildman–Crippen LogP) is 6.53. The third-order valence-electron chi connectivity index (χ3n) is 7.77. The molecule has 1 aliphatic rings. The number of benzene rings is 2. The Balaban J connectivity index is 1.64. The van der Waals surface area contributed by atoms with Crippen molar-refractivity contribution in [3.05, 3.63) is 95.6 Å². The van der Waals surface area contributed by atoms with Crippen molar-refractivity contribution < 1.29 is 9.47 Å². The van der Waals surface area contributed by atoms with E-state index < -0.39 is 0 Å². The van der Waals surface area contributed by atoms with E-state index in [0.29, 0.717) is 10.9 Å². The predicted molar refractivity (Wildman–Crippen MR) is 166 cm³/mol. The summed E-state index contributed by atoms with van der Waals surface area (Å²) in [5.74, 6) is 1.42. The molecular formula is C32H37N5O2S. The number of aromatic nitrogens is 2. The number of rotatable bonds is 9. The number of ether oxygens (including phenoxy) is 2. The fraction of sp³-hybridized carbons (Fsp3) is 0.312. The summed E-state index contributed by atoms with van der Waals surface area (Å²) in [6.07, 6.45) is 1.83. The number of nitrogens with zero attached hydrogens (tertiary/aromatic N) is 4. The zero-order valence-electron chi connectivity index (χ0n) is 24.0. The van der Waals surface area contributed by atoms with Crippen molar-refractivity contribution in [2.24, 2.45) is 0 Å². The van der Waals surface area contributed by atoms with Crippen LogP contribution in [0.2, 0.25) is 0 Å². The molecule has 7 nitrogen and oxygen atoms in total. The van der Waals surface area contributed by atoms with Crippen molar-refractivity contribution in [1.82, 2.24) is 14.9 Å². The Kier molecular flexibility index (Phi) is 7.98. The standard InChI is InChI=1S/C32H37N5O2S/c1-7-35(8-2)23-12-14-24(15-13-23)36-21(3)19-26(22(36)4)31-30(27-11-9-10-18-33-27)34-32(40)37(31)28-17-16-25(38-5)20-29(28)39-6/h9-20,30-31H,7-8H2,1-6H3,(H,34,40)/t30-,31+/m0/s1. The van der Waals surface area contributed by atoms with Gasteiger partial charge < -0.3 is 29.2 Å². The fourth-order valence-electron chi connectivity index (χ4n) is 5.80. The highest BCUT2D eigenvalue weighted by Gasteiger charge is 2.43. The lowest BCUT2D eigenvalue weighted by Gasteiger charge is -2.29. The Labute approximate surface area is 242 Å². The molecule has 0 aliphatic carbocycles. The van der Waals surface area contributed by atoms with Crippen LogP contribution >= 0.6 is 12.2 Å². The molecule has 5 rings (SSSR count). The maximum absolute atomic E-state index is 5.97. The smallest absolute Gasteiger partial charge is 0.174 e. The van der Waals surface area contributed by atoms with E-state index in [2.05, 4.69) is 77.7 Å². The quantitative estimate of drug-likeness (QED) is 0.236. The molecule has 1 N–H and O–H groups in total. The van der Waals surface area contributed by atoms with Crippen LogP contribution in [0.3, 0.4) is 0 Å². The third kappa shape index (κ3) is 4.88. The molecule has 1 aliphatic heterocycles. The summed E-state index contributed by atoms with van der Waals surface area (Å²) in [4.78, 5) is 9.23. The minimum absolute atomic E-state index is 0.153. The number of hydrogen-bond acceptors (Lipinski definition) is 5. The maximum atomic E-state index is 5.97. The summed E-state index contributed by atoms with van der Waals surface area (Å²) >= 11 is 5.97. The molecule has 1 saturated heterocycles. The molecule has 0 radical (unpaired) electrons. The van der Waals surface area contributed by atoms with Crippen molar-refractivity contribution in [1.29, 1.82) is 0 Å². The molecule has 0 bridgehead atoms. The van der Waals surface area contributed by atoms with E-state index in [9.17, 15) is 0 Å². The Morgan fingerprint density at radius 3 is 2.33 bits per heavy atom. The highest BCUT2D eigenvalue weighted by molar-refractivity contribution is 7.80. The minimum atomic E-state index is -0.153. The first kappa shape index (κ1) is 27.5. The Morgan fingerprint density at radius 1 is 0.950 bits per heavy atom. The molecule has 2 aromatic carbocycles. The van der Waals surface area contributed by atoms with Crippen LogP contribution in [0.1, 0.15) is 48.6 Å². The number of methoxy groups -OCH3 is 2. The number of hydrogen-bond donors (Lipinski definition) is 1. The highest BCUT2D eigenvalue weighted by atomic mass is 32.1. The molecule has 8 heteroatoms. The van der Waals surface area contributed by atoms with Crippen LogP contribution in [0.4, 0.5) is 11.4 Å². The second-order valence-corrected chi connectivity index (χ2v) is 10.3. The molecule has 2 aromatic heterocycles. The molecule has 0 saturated carbocycles. The van der Waals surface area contributed by atoms with Gasteiger partial charge in [-0.05, 0) is 100 Å². The first-order chi connectivity index (χ1) is 19.4. The van der Waals surface area contributed by atoms with E-state index in [0.717, 1.165) is 47.3 Å². The van der Waals surface area contributed by atoms with Gasteiger partial charge in [-0.3, -0.25) is 4.98 Å². The number of nitrogens with one attached hydrogen (secondary N) is 1. The van der Waals surface area contributed by atoms with Crippen molar-refractivity contribution in [3.63, 3.8) is 0 Å². The summed E-state index contributed by atoms with van der Waals surface area (Å²) in [5, 5.41) is 4.19. The summed E-state index contributed by atoms with van der Waals surface area (Å²) in [6.45, 7) is 10.7. The van der Waals surface area contributed by atoms with Crippen LogP contribution in [-0.2, 0) is 0 Å².